The molecule has 0 aliphatic heterocycles. The highest BCUT2D eigenvalue weighted by Crippen LogP contribution is 2.15. The van der Waals surface area contributed by atoms with Gasteiger partial charge in [-0.25, -0.2) is 4.39 Å². The van der Waals surface area contributed by atoms with E-state index < -0.39 is 0 Å². The van der Waals surface area contributed by atoms with E-state index in [1.807, 2.05) is 12.1 Å². The fourth-order valence-corrected chi connectivity index (χ4v) is 1.75. The largest absolute Gasteiger partial charge is 0.490 e. The summed E-state index contributed by atoms with van der Waals surface area (Å²) in [5, 5.41) is 3.96. The van der Waals surface area contributed by atoms with Gasteiger partial charge in [-0.1, -0.05) is 12.1 Å². The van der Waals surface area contributed by atoms with E-state index in [0.29, 0.717) is 12.4 Å². The quantitative estimate of drug-likeness (QED) is 0.353. The van der Waals surface area contributed by atoms with Crippen LogP contribution in [0.2, 0.25) is 0 Å². The van der Waals surface area contributed by atoms with Crippen LogP contribution in [-0.2, 0) is 0 Å². The molecule has 0 atom stereocenters. The number of rotatable bonds is 7. The lowest BCUT2D eigenvalue weighted by molar-refractivity contribution is 0.211. The lowest BCUT2D eigenvalue weighted by atomic mass is 10.2. The molecule has 2 aromatic carbocycles. The summed E-state index contributed by atoms with van der Waals surface area (Å²) in [6.07, 6.45) is 1.59. The molecule has 0 heterocycles. The number of hydrogen-bond acceptors (Lipinski definition) is 4. The molecular formula is C16H16FN3O2S. The fourth-order valence-electron chi connectivity index (χ4n) is 1.69. The third-order valence-electron chi connectivity index (χ3n) is 2.71. The Morgan fingerprint density at radius 1 is 1.13 bits per heavy atom. The van der Waals surface area contributed by atoms with E-state index in [2.05, 4.69) is 22.7 Å². The number of thiocarbonyl (C=S) groups is 1. The molecule has 0 bridgehead atoms. The van der Waals surface area contributed by atoms with E-state index in [-0.39, 0.29) is 23.3 Å². The number of nitrogens with zero attached hydrogens (tertiary/aromatic N) is 1. The fraction of sp³-hybridized carbons (Fsp3) is 0.125. The van der Waals surface area contributed by atoms with E-state index in [4.69, 9.17) is 15.2 Å². The molecule has 0 aromatic heterocycles. The second-order valence-corrected chi connectivity index (χ2v) is 4.87. The van der Waals surface area contributed by atoms with Crippen molar-refractivity contribution in [2.75, 3.05) is 13.2 Å². The maximum atomic E-state index is 13.3. The van der Waals surface area contributed by atoms with Crippen molar-refractivity contribution in [3.63, 3.8) is 0 Å². The molecule has 5 nitrogen and oxygen atoms in total. The number of nitrogens with one attached hydrogen (secondary N) is 1. The Labute approximate surface area is 138 Å². The maximum absolute atomic E-state index is 13.3. The maximum Gasteiger partial charge on any atom is 0.184 e. The van der Waals surface area contributed by atoms with Crippen molar-refractivity contribution in [2.24, 2.45) is 10.8 Å². The van der Waals surface area contributed by atoms with Crippen LogP contribution in [0, 0.1) is 5.82 Å². The SMILES string of the molecule is NC(=S)N/N=C/c1ccc(OCCOc2ccccc2F)cc1. The van der Waals surface area contributed by atoms with Gasteiger partial charge in [-0.2, -0.15) is 5.10 Å². The number of nitrogens with two attached hydrogens (primary N) is 1. The van der Waals surface area contributed by atoms with Gasteiger partial charge in [-0.05, 0) is 54.2 Å². The summed E-state index contributed by atoms with van der Waals surface area (Å²) in [6.45, 7) is 0.562. The van der Waals surface area contributed by atoms with E-state index in [1.54, 1.807) is 36.5 Å². The molecule has 2 aromatic rings. The summed E-state index contributed by atoms with van der Waals surface area (Å²) in [4.78, 5) is 0. The van der Waals surface area contributed by atoms with Gasteiger partial charge >= 0.3 is 0 Å². The van der Waals surface area contributed by atoms with E-state index >= 15 is 0 Å². The van der Waals surface area contributed by atoms with Gasteiger partial charge < -0.3 is 15.2 Å². The molecule has 0 aliphatic carbocycles. The highest BCUT2D eigenvalue weighted by Gasteiger charge is 2.01. The van der Waals surface area contributed by atoms with Gasteiger partial charge in [0.1, 0.15) is 19.0 Å². The van der Waals surface area contributed by atoms with Crippen LogP contribution in [0.5, 0.6) is 11.5 Å². The van der Waals surface area contributed by atoms with Gasteiger partial charge in [0, 0.05) is 0 Å². The minimum absolute atomic E-state index is 0.107. The average Bonchev–Trinajstić information content (AvgIpc) is 2.54. The molecule has 3 N–H and O–H groups in total. The zero-order valence-electron chi connectivity index (χ0n) is 12.2. The minimum atomic E-state index is -0.387. The molecule has 0 radical (unpaired) electrons. The van der Waals surface area contributed by atoms with Crippen molar-refractivity contribution in [1.29, 1.82) is 0 Å². The summed E-state index contributed by atoms with van der Waals surface area (Å²) in [6, 6.07) is 13.5. The molecule has 120 valence electrons. The summed E-state index contributed by atoms with van der Waals surface area (Å²) in [5.74, 6) is 0.510. The van der Waals surface area contributed by atoms with Gasteiger partial charge in [0.15, 0.2) is 16.7 Å². The Kier molecular flexibility index (Phi) is 6.31. The molecular weight excluding hydrogens is 317 g/mol. The van der Waals surface area contributed by atoms with Gasteiger partial charge in [0.2, 0.25) is 0 Å². The van der Waals surface area contributed by atoms with E-state index in [0.717, 1.165) is 5.56 Å². The number of ether oxygens (including phenoxy) is 2. The average molecular weight is 333 g/mol. The zero-order chi connectivity index (χ0) is 16.5. The van der Waals surface area contributed by atoms with Crippen molar-refractivity contribution in [3.8, 4) is 11.5 Å². The second kappa shape index (κ2) is 8.70. The minimum Gasteiger partial charge on any atom is -0.490 e. The summed E-state index contributed by atoms with van der Waals surface area (Å²) in [5.41, 5.74) is 8.59. The van der Waals surface area contributed by atoms with Crippen molar-refractivity contribution in [1.82, 2.24) is 5.43 Å². The smallest absolute Gasteiger partial charge is 0.184 e. The number of hydrogen-bond donors (Lipinski definition) is 2. The summed E-state index contributed by atoms with van der Waals surface area (Å²) in [7, 11) is 0. The molecule has 0 saturated carbocycles. The normalized spacial score (nSPS) is 10.5. The Morgan fingerprint density at radius 3 is 2.52 bits per heavy atom. The van der Waals surface area contributed by atoms with Gasteiger partial charge in [0.25, 0.3) is 0 Å². The number of benzene rings is 2. The third kappa shape index (κ3) is 5.91. The first-order valence-corrected chi connectivity index (χ1v) is 7.24. The summed E-state index contributed by atoms with van der Waals surface area (Å²) < 4.78 is 24.2. The van der Waals surface area contributed by atoms with Crippen LogP contribution in [0.25, 0.3) is 0 Å². The third-order valence-corrected chi connectivity index (χ3v) is 2.81. The standard InChI is InChI=1S/C16H16FN3O2S/c17-14-3-1-2-4-15(14)22-10-9-21-13-7-5-12(6-8-13)11-19-20-16(18)23/h1-8,11H,9-10H2,(H3,18,20,23)/b19-11+. The molecule has 2 rings (SSSR count). The Hall–Kier alpha value is -2.67. The van der Waals surface area contributed by atoms with Crippen molar-refractivity contribution >= 4 is 23.5 Å². The molecule has 0 unspecified atom stereocenters. The van der Waals surface area contributed by atoms with Crippen molar-refractivity contribution < 1.29 is 13.9 Å². The van der Waals surface area contributed by atoms with Crippen LogP contribution in [0.15, 0.2) is 53.6 Å². The lowest BCUT2D eigenvalue weighted by Gasteiger charge is -2.09. The van der Waals surface area contributed by atoms with Crippen molar-refractivity contribution in [2.45, 2.75) is 0 Å². The van der Waals surface area contributed by atoms with Crippen LogP contribution >= 0.6 is 12.2 Å². The Bertz CT molecular complexity index is 677. The zero-order valence-corrected chi connectivity index (χ0v) is 13.1. The highest BCUT2D eigenvalue weighted by atomic mass is 32.1. The molecule has 0 spiro atoms. The molecule has 0 aliphatic rings. The first-order chi connectivity index (χ1) is 11.1. The van der Waals surface area contributed by atoms with E-state index in [1.165, 1.54) is 6.07 Å². The van der Waals surface area contributed by atoms with E-state index in [9.17, 15) is 4.39 Å². The number of halogens is 1. The lowest BCUT2D eigenvalue weighted by Crippen LogP contribution is -2.23. The van der Waals surface area contributed by atoms with Crippen molar-refractivity contribution in [3.05, 3.63) is 59.9 Å². The van der Waals surface area contributed by atoms with Crippen LogP contribution in [0.4, 0.5) is 4.39 Å². The second-order valence-electron chi connectivity index (χ2n) is 4.43. The van der Waals surface area contributed by atoms with Crippen LogP contribution < -0.4 is 20.6 Å². The predicted molar refractivity (Wildman–Crippen MR) is 91.3 cm³/mol. The first-order valence-electron chi connectivity index (χ1n) is 6.84. The van der Waals surface area contributed by atoms with Crippen LogP contribution in [0.3, 0.4) is 0 Å². The molecule has 23 heavy (non-hydrogen) atoms. The first kappa shape index (κ1) is 16.7. The molecule has 0 fully saturated rings. The molecule has 0 amide bonds. The van der Waals surface area contributed by atoms with Crippen LogP contribution in [-0.4, -0.2) is 24.5 Å². The molecule has 7 heteroatoms. The van der Waals surface area contributed by atoms with Gasteiger partial charge in [0.05, 0.1) is 6.21 Å². The predicted octanol–water partition coefficient (Wildman–Crippen LogP) is 2.45. The van der Waals surface area contributed by atoms with Gasteiger partial charge in [-0.15, -0.1) is 0 Å². The number of hydrazone groups is 1. The molecule has 0 saturated heterocycles. The van der Waals surface area contributed by atoms with Gasteiger partial charge in [-0.3, -0.25) is 5.43 Å². The monoisotopic (exact) mass is 333 g/mol. The topological polar surface area (TPSA) is 68.9 Å². The Morgan fingerprint density at radius 2 is 1.83 bits per heavy atom. The Balaban J connectivity index is 1.75. The number of para-hydroxylation sites is 1. The summed E-state index contributed by atoms with van der Waals surface area (Å²) >= 11 is 4.63. The van der Waals surface area contributed by atoms with Crippen LogP contribution in [0.1, 0.15) is 5.56 Å². The highest BCUT2D eigenvalue weighted by molar-refractivity contribution is 7.80.